The molecule has 0 aromatic heterocycles. The van der Waals surface area contributed by atoms with E-state index in [0.717, 1.165) is 0 Å². The van der Waals surface area contributed by atoms with Gasteiger partial charge in [0.15, 0.2) is 0 Å². The molecule has 7 nitrogen and oxygen atoms in total. The van der Waals surface area contributed by atoms with E-state index in [0.29, 0.717) is 0 Å². The molecule has 0 fully saturated rings. The minimum atomic E-state index is -5.17. The first-order valence-electron chi connectivity index (χ1n) is 1.28. The fourth-order valence-electron chi connectivity index (χ4n) is 0. The van der Waals surface area contributed by atoms with Crippen LogP contribution in [-0.2, 0) is 27.5 Å². The fourth-order valence-corrected chi connectivity index (χ4v) is 0. The summed E-state index contributed by atoms with van der Waals surface area (Å²) < 4.78 is 34.1. The smallest absolute Gasteiger partial charge is 0.0311 e. The van der Waals surface area contributed by atoms with E-state index >= 15 is 0 Å². The third-order valence-corrected chi connectivity index (χ3v) is 0. The summed E-state index contributed by atoms with van der Waals surface area (Å²) in [5.74, 6) is 0. The molecule has 0 rings (SSSR count). The first kappa shape index (κ1) is 16.3. The zero-order valence-corrected chi connectivity index (χ0v) is 6.14. The Bertz CT molecular complexity index is 156. The van der Waals surface area contributed by atoms with E-state index in [1.807, 2.05) is 0 Å². The zero-order valence-electron chi connectivity index (χ0n) is 4.14. The summed E-state index contributed by atoms with van der Waals surface area (Å²) in [6.45, 7) is 0. The van der Waals surface area contributed by atoms with Gasteiger partial charge in [0.2, 0.25) is 0 Å². The summed E-state index contributed by atoms with van der Waals surface area (Å²) in [4.78, 5) is 8.33. The molecule has 0 aliphatic rings. The molecular formula is CMnO7S-4. The number of carbonyl (C=O) groups is 1. The molecule has 0 aliphatic carbocycles. The van der Waals surface area contributed by atoms with Gasteiger partial charge in [0.25, 0.3) is 0 Å². The Kier molecular flexibility index (Phi) is 11.1. The molecule has 0 heterocycles. The zero-order chi connectivity index (χ0) is 8.08. The van der Waals surface area contributed by atoms with Crippen LogP contribution in [0.3, 0.4) is 0 Å². The molecule has 63 valence electrons. The monoisotopic (exact) mass is 211 g/mol. The quantitative estimate of drug-likeness (QED) is 0.227. The third kappa shape index (κ3) is 2930. The molecule has 0 aliphatic heterocycles. The van der Waals surface area contributed by atoms with Gasteiger partial charge in [-0.25, -0.2) is 0 Å². The number of rotatable bonds is 0. The van der Waals surface area contributed by atoms with Crippen LogP contribution in [0.5, 0.6) is 0 Å². The number of carbonyl (C=O) groups excluding carboxylic acids is 1. The van der Waals surface area contributed by atoms with Gasteiger partial charge in [0, 0.05) is 27.5 Å². The molecule has 0 saturated carbocycles. The summed E-state index contributed by atoms with van der Waals surface area (Å²) >= 11 is 0. The van der Waals surface area contributed by atoms with Crippen LogP contribution in [0.2, 0.25) is 0 Å². The van der Waals surface area contributed by atoms with Crippen molar-refractivity contribution in [1.82, 2.24) is 0 Å². The van der Waals surface area contributed by atoms with Crippen LogP contribution < -0.4 is 10.2 Å². The maximum absolute atomic E-state index is 8.52. The van der Waals surface area contributed by atoms with Crippen molar-refractivity contribution in [3.63, 3.8) is 0 Å². The van der Waals surface area contributed by atoms with Crippen LogP contribution in [0.25, 0.3) is 0 Å². The molecular weight excluding hydrogens is 211 g/mol. The predicted octanol–water partition coefficient (Wildman–Crippen LogP) is -3.79. The molecule has 0 aromatic carbocycles. The Morgan fingerprint density at radius 1 is 1.10 bits per heavy atom. The van der Waals surface area contributed by atoms with Crippen molar-refractivity contribution in [3.05, 3.63) is 0 Å². The first-order chi connectivity index (χ1) is 3.73. The molecule has 0 N–H and O–H groups in total. The van der Waals surface area contributed by atoms with Gasteiger partial charge in [0.05, 0.1) is 0 Å². The number of hydrogen-bond donors (Lipinski definition) is 0. The summed E-state index contributed by atoms with van der Waals surface area (Å²) in [7, 11) is -5.17. The maximum atomic E-state index is 8.52. The second kappa shape index (κ2) is 6.77. The third-order valence-electron chi connectivity index (χ3n) is 0. The fraction of sp³-hybridized carbons (Fsp3) is 0. The van der Waals surface area contributed by atoms with Crippen molar-refractivity contribution in [3.8, 4) is 0 Å². The molecule has 0 unspecified atom stereocenters. The van der Waals surface area contributed by atoms with Crippen LogP contribution in [0, 0.1) is 0 Å². The standard InChI is InChI=1S/CH2O3.Mn.H2O4S/c2-1(3)4;;1-5(2,3)4/h(H2,2,3,4);;(H2,1,2,3,4)/p-4. The van der Waals surface area contributed by atoms with Crippen LogP contribution in [0.4, 0.5) is 4.79 Å². The van der Waals surface area contributed by atoms with Crippen molar-refractivity contribution in [2.45, 2.75) is 0 Å². The van der Waals surface area contributed by atoms with Gasteiger partial charge in [-0.2, -0.15) is 0 Å². The maximum Gasteiger partial charge on any atom is 0.0311 e. The molecule has 0 saturated heterocycles. The Morgan fingerprint density at radius 2 is 1.10 bits per heavy atom. The first-order valence-corrected chi connectivity index (χ1v) is 2.61. The normalized spacial score (nSPS) is 8.20. The van der Waals surface area contributed by atoms with Gasteiger partial charge >= 0.3 is 0 Å². The molecule has 0 amide bonds. The number of hydrogen-bond acceptors (Lipinski definition) is 7. The Labute approximate surface area is 66.7 Å². The van der Waals surface area contributed by atoms with Crippen molar-refractivity contribution >= 4 is 16.6 Å². The molecule has 0 atom stereocenters. The molecule has 9 heteroatoms. The van der Waals surface area contributed by atoms with Gasteiger partial charge in [-0.15, -0.1) is 0 Å². The van der Waals surface area contributed by atoms with Crippen LogP contribution in [0.15, 0.2) is 0 Å². The average molecular weight is 211 g/mol. The van der Waals surface area contributed by atoms with Crippen LogP contribution >= 0.6 is 0 Å². The minimum Gasteiger partial charge on any atom is -0.759 e. The molecule has 0 aromatic rings. The summed E-state index contributed by atoms with van der Waals surface area (Å²) in [5.41, 5.74) is 0. The number of carboxylic acid groups (broad SMARTS) is 2. The molecule has 0 spiro atoms. The molecule has 0 bridgehead atoms. The van der Waals surface area contributed by atoms with E-state index in [2.05, 4.69) is 0 Å². The van der Waals surface area contributed by atoms with Gasteiger partial charge in [0.1, 0.15) is 0 Å². The Balaban J connectivity index is -0.0000000910. The van der Waals surface area contributed by atoms with E-state index in [9.17, 15) is 0 Å². The molecule has 1 radical (unpaired) electrons. The largest absolute Gasteiger partial charge is 0.759 e. The SMILES string of the molecule is O=C([O-])[O-].O=S(=O)([O-])[O-].[Mn]. The predicted molar refractivity (Wildman–Crippen MR) is 15.9 cm³/mol. The van der Waals surface area contributed by atoms with Crippen LogP contribution in [0.1, 0.15) is 0 Å². The summed E-state index contributed by atoms with van der Waals surface area (Å²) in [6.07, 6.45) is -2.33. The van der Waals surface area contributed by atoms with Gasteiger partial charge in [-0.3, -0.25) is 8.42 Å². The van der Waals surface area contributed by atoms with Crippen molar-refractivity contribution in [2.24, 2.45) is 0 Å². The second-order valence-corrected chi connectivity index (χ2v) is 1.47. The minimum absolute atomic E-state index is 0. The summed E-state index contributed by atoms with van der Waals surface area (Å²) in [5, 5.41) is 16.7. The van der Waals surface area contributed by atoms with Gasteiger partial charge in [-0.05, 0) is 6.16 Å². The second-order valence-electron chi connectivity index (χ2n) is 0.658. The van der Waals surface area contributed by atoms with E-state index < -0.39 is 16.6 Å². The molecule has 10 heavy (non-hydrogen) atoms. The van der Waals surface area contributed by atoms with Crippen molar-refractivity contribution in [1.29, 1.82) is 0 Å². The van der Waals surface area contributed by atoms with E-state index in [-0.39, 0.29) is 17.1 Å². The summed E-state index contributed by atoms with van der Waals surface area (Å²) in [6, 6.07) is 0. The van der Waals surface area contributed by atoms with Crippen LogP contribution in [-0.4, -0.2) is 23.7 Å². The topological polar surface area (TPSA) is 143 Å². The van der Waals surface area contributed by atoms with Crippen molar-refractivity contribution < 1.29 is 49.6 Å². The average Bonchev–Trinajstić information content (AvgIpc) is 1.19. The Morgan fingerprint density at radius 3 is 1.10 bits per heavy atom. The van der Waals surface area contributed by atoms with Crippen molar-refractivity contribution in [2.75, 3.05) is 0 Å². The van der Waals surface area contributed by atoms with E-state index in [1.54, 1.807) is 0 Å². The van der Waals surface area contributed by atoms with Gasteiger partial charge < -0.3 is 24.1 Å². The van der Waals surface area contributed by atoms with Gasteiger partial charge in [-0.1, -0.05) is 0 Å². The Hall–Kier alpha value is -0.341. The van der Waals surface area contributed by atoms with E-state index in [4.69, 9.17) is 32.5 Å². The van der Waals surface area contributed by atoms with E-state index in [1.165, 1.54) is 0 Å².